The third-order valence-corrected chi connectivity index (χ3v) is 19.4. The van der Waals surface area contributed by atoms with Crippen LogP contribution < -0.4 is 0 Å². The fraction of sp³-hybridized carbons (Fsp3) is 0.958. The van der Waals surface area contributed by atoms with E-state index in [0.29, 0.717) is 19.3 Å². The van der Waals surface area contributed by atoms with Crippen molar-refractivity contribution in [2.24, 2.45) is 50.2 Å². The molecule has 0 aromatic rings. The second kappa shape index (κ2) is 18.3. The van der Waals surface area contributed by atoms with E-state index in [1.54, 1.807) is 14.0 Å². The summed E-state index contributed by atoms with van der Waals surface area (Å²) >= 11 is 0. The van der Waals surface area contributed by atoms with Crippen LogP contribution in [0.15, 0.2) is 11.6 Å². The summed E-state index contributed by atoms with van der Waals surface area (Å²) < 4.78 is 42.6. The topological polar surface area (TPSA) is 287 Å². The van der Waals surface area contributed by atoms with Gasteiger partial charge in [-0.15, -0.1) is 0 Å². The minimum absolute atomic E-state index is 0.00195. The van der Waals surface area contributed by atoms with Crippen LogP contribution in [-0.4, -0.2) is 194 Å². The number of aliphatic hydroxyl groups is 11. The molecule has 18 nitrogen and oxygen atoms in total. The molecule has 66 heavy (non-hydrogen) atoms. The summed E-state index contributed by atoms with van der Waals surface area (Å²) in [5.74, 6) is -0.103. The lowest BCUT2D eigenvalue weighted by atomic mass is 9.32. The summed E-state index contributed by atoms with van der Waals surface area (Å²) in [6.07, 6.45) is -15.4. The van der Waals surface area contributed by atoms with Crippen molar-refractivity contribution in [3.63, 3.8) is 0 Å². The lowest BCUT2D eigenvalue weighted by molar-refractivity contribution is -0.387. The summed E-state index contributed by atoms with van der Waals surface area (Å²) in [6, 6.07) is 0. The Labute approximate surface area is 388 Å². The zero-order valence-corrected chi connectivity index (χ0v) is 39.9. The van der Waals surface area contributed by atoms with Gasteiger partial charge in [0.25, 0.3) is 0 Å². The van der Waals surface area contributed by atoms with Crippen molar-refractivity contribution in [3.05, 3.63) is 11.6 Å². The fourth-order valence-corrected chi connectivity index (χ4v) is 15.2. The third-order valence-electron chi connectivity index (χ3n) is 19.4. The van der Waals surface area contributed by atoms with Crippen LogP contribution in [-0.2, 0) is 33.2 Å². The number of allylic oxidation sites excluding steroid dienone is 1. The van der Waals surface area contributed by atoms with Gasteiger partial charge in [-0.25, -0.2) is 0 Å². The number of hydrogen-bond donors (Lipinski definition) is 11. The van der Waals surface area contributed by atoms with Crippen molar-refractivity contribution in [3.8, 4) is 0 Å². The Kier molecular flexibility index (Phi) is 14.2. The van der Waals surface area contributed by atoms with E-state index in [2.05, 4.69) is 40.7 Å². The third kappa shape index (κ3) is 7.82. The maximum Gasteiger partial charge on any atom is 0.187 e. The Morgan fingerprint density at radius 1 is 0.682 bits per heavy atom. The number of aliphatic hydroxyl groups excluding tert-OH is 11. The van der Waals surface area contributed by atoms with Gasteiger partial charge in [0.2, 0.25) is 0 Å². The van der Waals surface area contributed by atoms with Crippen molar-refractivity contribution in [1.29, 1.82) is 0 Å². The predicted octanol–water partition coefficient (Wildman–Crippen LogP) is -0.151. The highest BCUT2D eigenvalue weighted by atomic mass is 16.8. The van der Waals surface area contributed by atoms with Gasteiger partial charge in [-0.1, -0.05) is 53.2 Å². The highest BCUT2D eigenvalue weighted by Gasteiger charge is 2.72. The quantitative estimate of drug-likeness (QED) is 0.100. The molecule has 0 radical (unpaired) electrons. The zero-order chi connectivity index (χ0) is 48.3. The maximum atomic E-state index is 12.2. The molecule has 0 amide bonds. The molecule has 8 aliphatic rings. The molecule has 380 valence electrons. The second-order valence-corrected chi connectivity index (χ2v) is 23.4. The van der Waals surface area contributed by atoms with Crippen LogP contribution in [0.5, 0.6) is 0 Å². The van der Waals surface area contributed by atoms with Crippen LogP contribution in [0.25, 0.3) is 0 Å². The minimum Gasteiger partial charge on any atom is -0.396 e. The molecule has 0 unspecified atom stereocenters. The first-order chi connectivity index (χ1) is 30.9. The Bertz CT molecular complexity index is 1750. The summed E-state index contributed by atoms with van der Waals surface area (Å²) in [4.78, 5) is 0. The van der Waals surface area contributed by atoms with Crippen LogP contribution in [0, 0.1) is 50.2 Å². The van der Waals surface area contributed by atoms with E-state index in [0.717, 1.165) is 32.1 Å². The lowest BCUT2D eigenvalue weighted by Gasteiger charge is -2.73. The maximum absolute atomic E-state index is 12.2. The average molecular weight is 945 g/mol. The smallest absolute Gasteiger partial charge is 0.187 e. The first-order valence-corrected chi connectivity index (χ1v) is 24.3. The van der Waals surface area contributed by atoms with E-state index < -0.39 is 128 Å². The molecule has 0 bridgehead atoms. The molecule has 7 fully saturated rings. The van der Waals surface area contributed by atoms with Crippen LogP contribution in [0.3, 0.4) is 0 Å². The van der Waals surface area contributed by atoms with Crippen LogP contribution in [0.1, 0.15) is 99.8 Å². The van der Waals surface area contributed by atoms with E-state index in [1.165, 1.54) is 5.57 Å². The highest BCUT2D eigenvalue weighted by Crippen LogP contribution is 2.76. The number of methoxy groups -OCH3 is 1. The van der Waals surface area contributed by atoms with Crippen molar-refractivity contribution >= 4 is 0 Å². The van der Waals surface area contributed by atoms with Gasteiger partial charge in [0, 0.05) is 23.9 Å². The molecular weight excluding hydrogens is 865 g/mol. The Hall–Kier alpha value is -0.980. The van der Waals surface area contributed by atoms with E-state index in [4.69, 9.17) is 33.2 Å². The van der Waals surface area contributed by atoms with Crippen LogP contribution in [0.2, 0.25) is 0 Å². The standard InChI is InChI=1S/C48H80O18/c1-22-31(54)37(65-42-38(34(57)33(56)27(18-49)63-42)66-40-35(58)32(55)25(52)19-61-40)36(59)41(62-22)64-30-10-11-44(4)28(45(30,5)20-50)9-12-46(6)39(44)26(60-8)15-23-24-16-43(2,3)13-14-48(24,21-51)29(53)17-47(23,46)7/h15,22,24-42,49-59H,9-14,16-21H2,1-8H3/t22-,24-,25-,26-,27-,28+,29+,30+,31+,32+,33-,34+,35-,36-,37+,38-,39-,40+,41+,42+,44+,45+,46-,47-,48-/m1/s1. The van der Waals surface area contributed by atoms with Crippen molar-refractivity contribution in [2.75, 3.05) is 33.5 Å². The zero-order valence-electron chi connectivity index (χ0n) is 39.9. The van der Waals surface area contributed by atoms with Crippen molar-refractivity contribution < 1.29 is 89.3 Å². The molecule has 18 heteroatoms. The SMILES string of the molecule is CO[C@@H]1C=C2[C@H]3CC(C)(C)CC[C@]3(CO)[C@@H](O)C[C@@]2(C)[C@]2(C)CC[C@@H]3[C@](C)(CO)[C@@H](O[C@@H]4O[C@H](C)[C@H](O)[C@H](O[C@@H]5O[C@H](CO)[C@@H](O)[C@H](O)[C@H]5O[C@@H]5OC[C@@H](O)[C@H](O)[C@H]5O)[C@H]4O)CC[C@]3(C)[C@@H]12. The van der Waals surface area contributed by atoms with Crippen molar-refractivity contribution in [2.45, 2.75) is 204 Å². The fourth-order valence-electron chi connectivity index (χ4n) is 15.2. The molecule has 3 aliphatic heterocycles. The van der Waals surface area contributed by atoms with Gasteiger partial charge in [0.1, 0.15) is 61.0 Å². The van der Waals surface area contributed by atoms with Gasteiger partial charge in [-0.3, -0.25) is 0 Å². The number of rotatable bonds is 10. The summed E-state index contributed by atoms with van der Waals surface area (Å²) in [5, 5.41) is 121. The van der Waals surface area contributed by atoms with Gasteiger partial charge >= 0.3 is 0 Å². The van der Waals surface area contributed by atoms with E-state index >= 15 is 0 Å². The Morgan fingerprint density at radius 3 is 2.03 bits per heavy atom. The van der Waals surface area contributed by atoms with E-state index in [-0.39, 0.29) is 53.3 Å². The molecular formula is C48H80O18. The van der Waals surface area contributed by atoms with Gasteiger partial charge < -0.3 is 89.3 Å². The first kappa shape index (κ1) is 51.4. The molecule has 4 saturated carbocycles. The average Bonchev–Trinajstić information content (AvgIpc) is 3.27. The van der Waals surface area contributed by atoms with Gasteiger partial charge in [-0.05, 0) is 91.8 Å². The Morgan fingerprint density at radius 2 is 1.38 bits per heavy atom. The number of hydrogen-bond acceptors (Lipinski definition) is 18. The van der Waals surface area contributed by atoms with E-state index in [9.17, 15) is 56.2 Å². The molecule has 3 heterocycles. The van der Waals surface area contributed by atoms with Crippen LogP contribution in [0.4, 0.5) is 0 Å². The van der Waals surface area contributed by atoms with Crippen molar-refractivity contribution in [1.82, 2.24) is 0 Å². The molecule has 8 rings (SSSR count). The number of fused-ring (bicyclic) bond motifs is 7. The largest absolute Gasteiger partial charge is 0.396 e. The second-order valence-electron chi connectivity index (χ2n) is 23.4. The minimum atomic E-state index is -1.82. The molecule has 25 atom stereocenters. The van der Waals surface area contributed by atoms with E-state index in [1.807, 2.05) is 6.92 Å². The molecule has 0 spiro atoms. The first-order valence-electron chi connectivity index (χ1n) is 24.3. The normalized spacial score (nSPS) is 56.0. The van der Waals surface area contributed by atoms with Gasteiger partial charge in [0.15, 0.2) is 18.9 Å². The molecule has 0 aromatic carbocycles. The molecule has 5 aliphatic carbocycles. The number of ether oxygens (including phenoxy) is 7. The highest BCUT2D eigenvalue weighted by molar-refractivity contribution is 5.37. The predicted molar refractivity (Wildman–Crippen MR) is 232 cm³/mol. The van der Waals surface area contributed by atoms with Crippen LogP contribution >= 0.6 is 0 Å². The molecule has 0 aromatic heterocycles. The molecule has 11 N–H and O–H groups in total. The summed E-state index contributed by atoms with van der Waals surface area (Å²) in [7, 11) is 1.76. The summed E-state index contributed by atoms with van der Waals surface area (Å²) in [6.45, 7) is 13.6. The molecule has 3 saturated heterocycles. The van der Waals surface area contributed by atoms with Gasteiger partial charge in [0.05, 0.1) is 50.8 Å². The summed E-state index contributed by atoms with van der Waals surface area (Å²) in [5.41, 5.74) is -1.21. The lowest BCUT2D eigenvalue weighted by Crippen LogP contribution is -2.70. The van der Waals surface area contributed by atoms with Gasteiger partial charge in [-0.2, -0.15) is 0 Å². The monoisotopic (exact) mass is 945 g/mol. The Balaban J connectivity index is 1.05.